The smallest absolute Gasteiger partial charge is 0.261 e. The van der Waals surface area contributed by atoms with Gasteiger partial charge in [-0.05, 0) is 48.9 Å². The van der Waals surface area contributed by atoms with Crippen LogP contribution in [0.15, 0.2) is 52.7 Å². The highest BCUT2D eigenvalue weighted by atomic mass is 16.3. The minimum atomic E-state index is -0.356. The monoisotopic (exact) mass is 352 g/mol. The van der Waals surface area contributed by atoms with E-state index in [2.05, 4.69) is 10.2 Å². The first-order chi connectivity index (χ1) is 12.5. The number of anilines is 1. The summed E-state index contributed by atoms with van der Waals surface area (Å²) in [7, 11) is 3.92. The zero-order chi connectivity index (χ0) is 18.7. The van der Waals surface area contributed by atoms with Gasteiger partial charge in [-0.3, -0.25) is 14.5 Å². The lowest BCUT2D eigenvalue weighted by atomic mass is 10.1. The lowest BCUT2D eigenvalue weighted by Gasteiger charge is -2.11. The Balaban J connectivity index is 1.79. The Bertz CT molecular complexity index is 860. The van der Waals surface area contributed by atoms with Crippen LogP contribution in [-0.4, -0.2) is 49.1 Å². The third-order valence-corrected chi connectivity index (χ3v) is 4.14. The molecular weight excluding hydrogens is 332 g/mol. The highest BCUT2D eigenvalue weighted by Crippen LogP contribution is 2.28. The molecule has 7 heteroatoms. The largest absolute Gasteiger partial charge is 0.396 e. The second kappa shape index (κ2) is 7.45. The summed E-state index contributed by atoms with van der Waals surface area (Å²) >= 11 is 0. The average molecular weight is 352 g/mol. The third-order valence-electron chi connectivity index (χ3n) is 4.14. The predicted octanol–water partition coefficient (Wildman–Crippen LogP) is 3.15. The molecule has 1 aliphatic heterocycles. The summed E-state index contributed by atoms with van der Waals surface area (Å²) in [5.41, 5.74) is 2.96. The summed E-state index contributed by atoms with van der Waals surface area (Å²) in [6.07, 6.45) is 0.362. The summed E-state index contributed by atoms with van der Waals surface area (Å²) in [4.78, 5) is 27.8. The van der Waals surface area contributed by atoms with Crippen LogP contribution < -0.4 is 4.90 Å². The summed E-state index contributed by atoms with van der Waals surface area (Å²) in [5, 5.41) is 17.2. The van der Waals surface area contributed by atoms with E-state index in [-0.39, 0.29) is 25.0 Å². The van der Waals surface area contributed by atoms with E-state index in [4.69, 9.17) is 5.11 Å². The third kappa shape index (κ3) is 3.48. The molecule has 2 aromatic rings. The van der Waals surface area contributed by atoms with Crippen LogP contribution >= 0.6 is 0 Å². The van der Waals surface area contributed by atoms with E-state index in [1.54, 1.807) is 18.2 Å². The number of nitrogens with zero attached hydrogens (tertiary/aromatic N) is 4. The van der Waals surface area contributed by atoms with E-state index < -0.39 is 0 Å². The van der Waals surface area contributed by atoms with Gasteiger partial charge in [-0.15, -0.1) is 0 Å². The van der Waals surface area contributed by atoms with Gasteiger partial charge in [-0.2, -0.15) is 10.2 Å². The zero-order valence-electron chi connectivity index (χ0n) is 14.7. The number of benzene rings is 2. The van der Waals surface area contributed by atoms with Crippen LogP contribution in [0.1, 0.15) is 27.1 Å². The summed E-state index contributed by atoms with van der Waals surface area (Å²) in [6.45, 7) is 0.136. The summed E-state index contributed by atoms with van der Waals surface area (Å²) in [5.74, 6) is -0.688. The van der Waals surface area contributed by atoms with E-state index >= 15 is 0 Å². The summed E-state index contributed by atoms with van der Waals surface area (Å²) in [6, 6.07) is 12.4. The molecule has 0 fully saturated rings. The molecule has 7 nitrogen and oxygen atoms in total. The zero-order valence-corrected chi connectivity index (χ0v) is 14.7. The number of rotatable bonds is 6. The van der Waals surface area contributed by atoms with Crippen LogP contribution in [0.3, 0.4) is 0 Å². The number of carbonyl (C=O) groups excluding carboxylic acids is 2. The molecule has 0 saturated heterocycles. The number of fused-ring (bicyclic) bond motifs is 1. The van der Waals surface area contributed by atoms with E-state index in [0.717, 1.165) is 10.6 Å². The Morgan fingerprint density at radius 3 is 2.19 bits per heavy atom. The minimum absolute atomic E-state index is 0.0700. The molecule has 1 heterocycles. The molecule has 1 N–H and O–H groups in total. The van der Waals surface area contributed by atoms with Crippen molar-refractivity contribution in [3.63, 3.8) is 0 Å². The fraction of sp³-hybridized carbons (Fsp3) is 0.263. The van der Waals surface area contributed by atoms with Gasteiger partial charge in [0.25, 0.3) is 11.8 Å². The number of aliphatic hydroxyl groups excluding tert-OH is 1. The quantitative estimate of drug-likeness (QED) is 0.639. The van der Waals surface area contributed by atoms with Crippen molar-refractivity contribution in [2.45, 2.75) is 6.42 Å². The topological polar surface area (TPSA) is 85.6 Å². The highest BCUT2D eigenvalue weighted by Gasteiger charge is 2.35. The summed E-state index contributed by atoms with van der Waals surface area (Å²) < 4.78 is 0. The van der Waals surface area contributed by atoms with E-state index in [1.807, 2.05) is 43.3 Å². The Morgan fingerprint density at radius 2 is 1.54 bits per heavy atom. The Hall–Kier alpha value is -3.06. The van der Waals surface area contributed by atoms with Gasteiger partial charge in [-0.1, -0.05) is 0 Å². The van der Waals surface area contributed by atoms with Crippen molar-refractivity contribution in [3.05, 3.63) is 53.6 Å². The van der Waals surface area contributed by atoms with Crippen molar-refractivity contribution >= 4 is 28.9 Å². The number of imide groups is 1. The Morgan fingerprint density at radius 1 is 0.923 bits per heavy atom. The standard InChI is InChI=1S/C19H20N4O3/c1-22(2)15-7-4-13(5-8-15)20-21-14-6-9-16-17(12-14)19(26)23(18(16)25)10-3-11-24/h4-9,12,24H,3,10-11H2,1-2H3. The van der Waals surface area contributed by atoms with Gasteiger partial charge in [-0.25, -0.2) is 0 Å². The van der Waals surface area contributed by atoms with Crippen molar-refractivity contribution in [1.82, 2.24) is 4.90 Å². The first kappa shape index (κ1) is 17.8. The number of carbonyl (C=O) groups is 2. The SMILES string of the molecule is CN(C)c1ccc(N=Nc2ccc3c(c2)C(=O)N(CCCO)C3=O)cc1. The molecule has 134 valence electrons. The molecule has 2 aromatic carbocycles. The molecular formula is C19H20N4O3. The molecule has 0 spiro atoms. The number of aliphatic hydroxyl groups is 1. The second-order valence-electron chi connectivity index (χ2n) is 6.18. The fourth-order valence-corrected chi connectivity index (χ4v) is 2.71. The molecule has 0 aromatic heterocycles. The predicted molar refractivity (Wildman–Crippen MR) is 98.5 cm³/mol. The maximum Gasteiger partial charge on any atom is 0.261 e. The molecule has 2 amide bonds. The van der Waals surface area contributed by atoms with Crippen LogP contribution in [-0.2, 0) is 0 Å². The molecule has 0 atom stereocenters. The molecule has 0 bridgehead atoms. The van der Waals surface area contributed by atoms with E-state index in [0.29, 0.717) is 28.9 Å². The number of amides is 2. The average Bonchev–Trinajstić information content (AvgIpc) is 2.89. The van der Waals surface area contributed by atoms with Gasteiger partial charge in [0.15, 0.2) is 0 Å². The maximum atomic E-state index is 12.4. The Kier molecular flexibility index (Phi) is 5.09. The molecule has 3 rings (SSSR count). The number of hydrogen-bond acceptors (Lipinski definition) is 6. The highest BCUT2D eigenvalue weighted by molar-refractivity contribution is 6.21. The normalized spacial score (nSPS) is 13.6. The first-order valence-electron chi connectivity index (χ1n) is 8.31. The maximum absolute atomic E-state index is 12.4. The lowest BCUT2D eigenvalue weighted by molar-refractivity contribution is 0.0645. The molecule has 26 heavy (non-hydrogen) atoms. The van der Waals surface area contributed by atoms with Crippen LogP contribution in [0, 0.1) is 0 Å². The Labute approximate surface area is 151 Å². The van der Waals surface area contributed by atoms with Crippen molar-refractivity contribution in [2.75, 3.05) is 32.1 Å². The van der Waals surface area contributed by atoms with Crippen LogP contribution in [0.25, 0.3) is 0 Å². The van der Waals surface area contributed by atoms with Crippen molar-refractivity contribution in [1.29, 1.82) is 0 Å². The van der Waals surface area contributed by atoms with Gasteiger partial charge in [0.2, 0.25) is 0 Å². The molecule has 0 unspecified atom stereocenters. The lowest BCUT2D eigenvalue weighted by Crippen LogP contribution is -2.31. The molecule has 1 aliphatic rings. The fourth-order valence-electron chi connectivity index (χ4n) is 2.71. The van der Waals surface area contributed by atoms with Gasteiger partial charge in [0, 0.05) is 32.9 Å². The molecule has 0 saturated carbocycles. The van der Waals surface area contributed by atoms with Crippen molar-refractivity contribution in [3.8, 4) is 0 Å². The van der Waals surface area contributed by atoms with Crippen LogP contribution in [0.4, 0.5) is 17.1 Å². The van der Waals surface area contributed by atoms with E-state index in [9.17, 15) is 9.59 Å². The van der Waals surface area contributed by atoms with E-state index in [1.165, 1.54) is 0 Å². The van der Waals surface area contributed by atoms with Gasteiger partial charge in [0.05, 0.1) is 22.5 Å². The minimum Gasteiger partial charge on any atom is -0.396 e. The van der Waals surface area contributed by atoms with Crippen LogP contribution in [0.5, 0.6) is 0 Å². The number of azo groups is 1. The van der Waals surface area contributed by atoms with Crippen molar-refractivity contribution in [2.24, 2.45) is 10.2 Å². The molecule has 0 aliphatic carbocycles. The first-order valence-corrected chi connectivity index (χ1v) is 8.31. The van der Waals surface area contributed by atoms with Crippen LogP contribution in [0.2, 0.25) is 0 Å². The number of hydrogen-bond donors (Lipinski definition) is 1. The van der Waals surface area contributed by atoms with Gasteiger partial charge < -0.3 is 10.0 Å². The molecule has 0 radical (unpaired) electrons. The second-order valence-corrected chi connectivity index (χ2v) is 6.18. The van der Waals surface area contributed by atoms with Gasteiger partial charge >= 0.3 is 0 Å². The van der Waals surface area contributed by atoms with Gasteiger partial charge in [0.1, 0.15) is 0 Å². The van der Waals surface area contributed by atoms with Crippen molar-refractivity contribution < 1.29 is 14.7 Å².